The molecular formula is C13H17N3. The Labute approximate surface area is 95.7 Å². The van der Waals surface area contributed by atoms with E-state index in [0.717, 1.165) is 28.9 Å². The van der Waals surface area contributed by atoms with Crippen LogP contribution in [0.1, 0.15) is 23.7 Å². The molecule has 0 aliphatic heterocycles. The fourth-order valence-corrected chi connectivity index (χ4v) is 1.81. The van der Waals surface area contributed by atoms with E-state index in [0.29, 0.717) is 6.54 Å². The zero-order valence-electron chi connectivity index (χ0n) is 9.75. The number of benzene rings is 1. The zero-order valence-corrected chi connectivity index (χ0v) is 9.75. The first-order valence-electron chi connectivity index (χ1n) is 5.59. The van der Waals surface area contributed by atoms with Crippen LogP contribution in [0.5, 0.6) is 0 Å². The van der Waals surface area contributed by atoms with Gasteiger partial charge in [-0.1, -0.05) is 31.2 Å². The molecule has 0 bridgehead atoms. The number of aromatic amines is 1. The van der Waals surface area contributed by atoms with Crippen molar-refractivity contribution in [3.8, 4) is 11.3 Å². The molecule has 0 unspecified atom stereocenters. The minimum atomic E-state index is 0.506. The highest BCUT2D eigenvalue weighted by molar-refractivity contribution is 5.63. The lowest BCUT2D eigenvalue weighted by molar-refractivity contribution is 0.941. The van der Waals surface area contributed by atoms with E-state index in [4.69, 9.17) is 5.73 Å². The second kappa shape index (κ2) is 4.49. The number of aryl methyl sites for hydroxylation is 1. The molecule has 1 heterocycles. The first kappa shape index (κ1) is 10.9. The third kappa shape index (κ3) is 1.86. The number of nitrogens with zero attached hydrogens (tertiary/aromatic N) is 1. The van der Waals surface area contributed by atoms with Crippen LogP contribution in [0.4, 0.5) is 0 Å². The van der Waals surface area contributed by atoms with Crippen molar-refractivity contribution in [3.63, 3.8) is 0 Å². The van der Waals surface area contributed by atoms with Gasteiger partial charge in [-0.05, 0) is 24.5 Å². The number of nitrogens with two attached hydrogens (primary N) is 1. The minimum Gasteiger partial charge on any atom is -0.325 e. The van der Waals surface area contributed by atoms with Crippen molar-refractivity contribution >= 4 is 0 Å². The fourth-order valence-electron chi connectivity index (χ4n) is 1.81. The molecule has 3 N–H and O–H groups in total. The molecule has 2 aromatic rings. The van der Waals surface area contributed by atoms with Gasteiger partial charge in [-0.15, -0.1) is 0 Å². The van der Waals surface area contributed by atoms with E-state index in [-0.39, 0.29) is 0 Å². The highest BCUT2D eigenvalue weighted by atomic mass is 15.1. The summed E-state index contributed by atoms with van der Waals surface area (Å²) in [4.78, 5) is 0. The maximum atomic E-state index is 5.62. The molecule has 0 amide bonds. The normalized spacial score (nSPS) is 10.7. The predicted octanol–water partition coefficient (Wildman–Crippen LogP) is 2.41. The average Bonchev–Trinajstić information content (AvgIpc) is 2.70. The standard InChI is InChI=1S/C13H17N3/c1-3-10-4-6-11(7-5-10)13-9(2)12(8-14)15-16-13/h4-7H,3,8,14H2,1-2H3,(H,15,16). The van der Waals surface area contributed by atoms with Crippen molar-refractivity contribution < 1.29 is 0 Å². The second-order valence-electron chi connectivity index (χ2n) is 3.93. The van der Waals surface area contributed by atoms with Crippen molar-refractivity contribution in [1.29, 1.82) is 0 Å². The largest absolute Gasteiger partial charge is 0.325 e. The molecule has 2 rings (SSSR count). The third-order valence-corrected chi connectivity index (χ3v) is 2.95. The number of aromatic nitrogens is 2. The summed E-state index contributed by atoms with van der Waals surface area (Å²) < 4.78 is 0. The zero-order chi connectivity index (χ0) is 11.5. The maximum absolute atomic E-state index is 5.62. The molecule has 0 fully saturated rings. The van der Waals surface area contributed by atoms with E-state index in [9.17, 15) is 0 Å². The molecular weight excluding hydrogens is 198 g/mol. The molecule has 1 aromatic carbocycles. The summed E-state index contributed by atoms with van der Waals surface area (Å²) >= 11 is 0. The smallest absolute Gasteiger partial charge is 0.0953 e. The van der Waals surface area contributed by atoms with Crippen LogP contribution < -0.4 is 5.73 Å². The number of nitrogens with one attached hydrogen (secondary N) is 1. The lowest BCUT2D eigenvalue weighted by atomic mass is 10.0. The van der Waals surface area contributed by atoms with Crippen LogP contribution in [-0.2, 0) is 13.0 Å². The lowest BCUT2D eigenvalue weighted by Gasteiger charge is -2.01. The minimum absolute atomic E-state index is 0.506. The Kier molecular flexibility index (Phi) is 3.06. The Hall–Kier alpha value is -1.61. The topological polar surface area (TPSA) is 54.7 Å². The van der Waals surface area contributed by atoms with Crippen LogP contribution in [0.15, 0.2) is 24.3 Å². The van der Waals surface area contributed by atoms with E-state index < -0.39 is 0 Å². The number of hydrogen-bond donors (Lipinski definition) is 2. The van der Waals surface area contributed by atoms with Gasteiger partial charge in [0, 0.05) is 12.1 Å². The average molecular weight is 215 g/mol. The molecule has 0 spiro atoms. The molecule has 0 radical (unpaired) electrons. The molecule has 0 atom stereocenters. The first-order valence-corrected chi connectivity index (χ1v) is 5.59. The quantitative estimate of drug-likeness (QED) is 0.826. The molecule has 0 aliphatic rings. The summed E-state index contributed by atoms with van der Waals surface area (Å²) in [6.45, 7) is 4.71. The number of H-pyrrole nitrogens is 1. The monoisotopic (exact) mass is 215 g/mol. The Morgan fingerprint density at radius 1 is 1.25 bits per heavy atom. The fraction of sp³-hybridized carbons (Fsp3) is 0.308. The highest BCUT2D eigenvalue weighted by Gasteiger charge is 2.09. The van der Waals surface area contributed by atoms with E-state index >= 15 is 0 Å². The van der Waals surface area contributed by atoms with Crippen LogP contribution in [-0.4, -0.2) is 10.2 Å². The van der Waals surface area contributed by atoms with Crippen molar-refractivity contribution in [2.45, 2.75) is 26.8 Å². The first-order chi connectivity index (χ1) is 7.76. The van der Waals surface area contributed by atoms with Gasteiger partial charge < -0.3 is 5.73 Å². The summed E-state index contributed by atoms with van der Waals surface area (Å²) in [5.74, 6) is 0. The molecule has 0 saturated heterocycles. The molecule has 84 valence electrons. The lowest BCUT2D eigenvalue weighted by Crippen LogP contribution is -1.98. The Morgan fingerprint density at radius 2 is 1.94 bits per heavy atom. The van der Waals surface area contributed by atoms with Gasteiger partial charge in [0.1, 0.15) is 0 Å². The van der Waals surface area contributed by atoms with E-state index in [1.807, 2.05) is 0 Å². The summed E-state index contributed by atoms with van der Waals surface area (Å²) in [6, 6.07) is 8.52. The molecule has 0 aliphatic carbocycles. The summed E-state index contributed by atoms with van der Waals surface area (Å²) in [7, 11) is 0. The van der Waals surface area contributed by atoms with Gasteiger partial charge in [-0.3, -0.25) is 5.10 Å². The van der Waals surface area contributed by atoms with Gasteiger partial charge in [0.2, 0.25) is 0 Å². The van der Waals surface area contributed by atoms with Gasteiger partial charge in [0.15, 0.2) is 0 Å². The summed E-state index contributed by atoms with van der Waals surface area (Å²) in [5.41, 5.74) is 11.3. The van der Waals surface area contributed by atoms with Crippen molar-refractivity contribution in [1.82, 2.24) is 10.2 Å². The van der Waals surface area contributed by atoms with Crippen LogP contribution in [0.3, 0.4) is 0 Å². The molecule has 0 saturated carbocycles. The van der Waals surface area contributed by atoms with Gasteiger partial charge in [0.05, 0.1) is 11.4 Å². The Balaban J connectivity index is 2.38. The molecule has 1 aromatic heterocycles. The van der Waals surface area contributed by atoms with E-state index in [2.05, 4.69) is 48.3 Å². The number of hydrogen-bond acceptors (Lipinski definition) is 2. The van der Waals surface area contributed by atoms with E-state index in [1.54, 1.807) is 0 Å². The maximum Gasteiger partial charge on any atom is 0.0953 e. The summed E-state index contributed by atoms with van der Waals surface area (Å²) in [6.07, 6.45) is 1.06. The van der Waals surface area contributed by atoms with Gasteiger partial charge in [-0.25, -0.2) is 0 Å². The third-order valence-electron chi connectivity index (χ3n) is 2.95. The van der Waals surface area contributed by atoms with Crippen molar-refractivity contribution in [2.24, 2.45) is 5.73 Å². The molecule has 3 nitrogen and oxygen atoms in total. The Bertz CT molecular complexity index is 468. The van der Waals surface area contributed by atoms with E-state index in [1.165, 1.54) is 5.56 Å². The van der Waals surface area contributed by atoms with Crippen LogP contribution in [0, 0.1) is 6.92 Å². The highest BCUT2D eigenvalue weighted by Crippen LogP contribution is 2.23. The summed E-state index contributed by atoms with van der Waals surface area (Å²) in [5, 5.41) is 7.28. The second-order valence-corrected chi connectivity index (χ2v) is 3.93. The molecule has 3 heteroatoms. The van der Waals surface area contributed by atoms with Gasteiger partial charge in [-0.2, -0.15) is 5.10 Å². The van der Waals surface area contributed by atoms with Crippen LogP contribution >= 0.6 is 0 Å². The molecule has 16 heavy (non-hydrogen) atoms. The van der Waals surface area contributed by atoms with Crippen LogP contribution in [0.2, 0.25) is 0 Å². The van der Waals surface area contributed by atoms with Crippen molar-refractivity contribution in [2.75, 3.05) is 0 Å². The van der Waals surface area contributed by atoms with Gasteiger partial charge in [0.25, 0.3) is 0 Å². The number of rotatable bonds is 3. The Morgan fingerprint density at radius 3 is 2.44 bits per heavy atom. The van der Waals surface area contributed by atoms with Crippen LogP contribution in [0.25, 0.3) is 11.3 Å². The van der Waals surface area contributed by atoms with Crippen molar-refractivity contribution in [3.05, 3.63) is 41.1 Å². The van der Waals surface area contributed by atoms with Gasteiger partial charge >= 0.3 is 0 Å². The SMILES string of the molecule is CCc1ccc(-c2n[nH]c(CN)c2C)cc1. The predicted molar refractivity (Wildman–Crippen MR) is 66.0 cm³/mol.